The Morgan fingerprint density at radius 2 is 1.75 bits per heavy atom. The molecule has 2 rings (SSSR count). The third kappa shape index (κ3) is 3.81. The normalized spacial score (nSPS) is 19.5. The molecule has 1 fully saturated rings. The van der Waals surface area contributed by atoms with Crippen LogP contribution in [0, 0.1) is 13.8 Å². The van der Waals surface area contributed by atoms with Gasteiger partial charge in [-0.15, -0.1) is 0 Å². The van der Waals surface area contributed by atoms with E-state index in [0.29, 0.717) is 6.04 Å². The van der Waals surface area contributed by atoms with Gasteiger partial charge < -0.3 is 5.11 Å². The lowest BCUT2D eigenvalue weighted by atomic mass is 10.0. The molecule has 3 nitrogen and oxygen atoms in total. The molecule has 0 bridgehead atoms. The first kappa shape index (κ1) is 15.5. The van der Waals surface area contributed by atoms with E-state index in [-0.39, 0.29) is 6.10 Å². The number of aliphatic hydroxyl groups excluding tert-OH is 1. The fourth-order valence-electron chi connectivity index (χ4n) is 2.92. The van der Waals surface area contributed by atoms with Crippen molar-refractivity contribution < 1.29 is 5.11 Å². The molecular formula is C17H28N2O. The topological polar surface area (TPSA) is 26.7 Å². The molecule has 1 N–H and O–H groups in total. The molecule has 1 heterocycles. The van der Waals surface area contributed by atoms with Gasteiger partial charge in [-0.3, -0.25) is 9.80 Å². The number of benzene rings is 1. The lowest BCUT2D eigenvalue weighted by molar-refractivity contribution is 0.0618. The SMILES string of the molecule is Cc1ccc(C)c(C(O)CN2CCN(C(C)C)CC2)c1. The molecule has 1 aromatic rings. The van der Waals surface area contributed by atoms with Crippen molar-refractivity contribution in [1.82, 2.24) is 9.80 Å². The van der Waals surface area contributed by atoms with Crippen LogP contribution in [-0.2, 0) is 0 Å². The van der Waals surface area contributed by atoms with Crippen LogP contribution in [0.4, 0.5) is 0 Å². The predicted octanol–water partition coefficient (Wildman–Crippen LogP) is 2.36. The largest absolute Gasteiger partial charge is 0.387 e. The highest BCUT2D eigenvalue weighted by Crippen LogP contribution is 2.21. The zero-order valence-electron chi connectivity index (χ0n) is 13.3. The maximum Gasteiger partial charge on any atom is 0.0919 e. The van der Waals surface area contributed by atoms with Crippen molar-refractivity contribution in [2.45, 2.75) is 39.8 Å². The van der Waals surface area contributed by atoms with E-state index in [1.807, 2.05) is 0 Å². The van der Waals surface area contributed by atoms with E-state index in [1.165, 1.54) is 11.1 Å². The minimum Gasteiger partial charge on any atom is -0.387 e. The Kier molecular flexibility index (Phi) is 5.19. The van der Waals surface area contributed by atoms with E-state index in [2.05, 4.69) is 55.7 Å². The molecule has 1 unspecified atom stereocenters. The lowest BCUT2D eigenvalue weighted by Gasteiger charge is -2.37. The zero-order chi connectivity index (χ0) is 14.7. The summed E-state index contributed by atoms with van der Waals surface area (Å²) in [5.74, 6) is 0. The van der Waals surface area contributed by atoms with Crippen LogP contribution in [0.1, 0.15) is 36.6 Å². The van der Waals surface area contributed by atoms with Crippen LogP contribution in [0.15, 0.2) is 18.2 Å². The summed E-state index contributed by atoms with van der Waals surface area (Å²) in [5, 5.41) is 10.5. The Hall–Kier alpha value is -0.900. The number of hydrogen-bond donors (Lipinski definition) is 1. The third-order valence-electron chi connectivity index (χ3n) is 4.36. The van der Waals surface area contributed by atoms with Crippen LogP contribution >= 0.6 is 0 Å². The molecule has 0 saturated carbocycles. The number of nitrogens with zero attached hydrogens (tertiary/aromatic N) is 2. The van der Waals surface area contributed by atoms with Gasteiger partial charge in [0, 0.05) is 38.8 Å². The van der Waals surface area contributed by atoms with Gasteiger partial charge in [-0.2, -0.15) is 0 Å². The fraction of sp³-hybridized carbons (Fsp3) is 0.647. The van der Waals surface area contributed by atoms with Crippen LogP contribution in [-0.4, -0.2) is 53.7 Å². The molecular weight excluding hydrogens is 248 g/mol. The molecule has 0 aliphatic carbocycles. The molecule has 112 valence electrons. The summed E-state index contributed by atoms with van der Waals surface area (Å²) in [6.07, 6.45) is -0.375. The minimum atomic E-state index is -0.375. The van der Waals surface area contributed by atoms with Crippen molar-refractivity contribution in [3.05, 3.63) is 34.9 Å². The lowest BCUT2D eigenvalue weighted by Crippen LogP contribution is -2.49. The quantitative estimate of drug-likeness (QED) is 0.914. The molecule has 1 atom stereocenters. The van der Waals surface area contributed by atoms with Crippen molar-refractivity contribution in [3.63, 3.8) is 0 Å². The number of aryl methyl sites for hydroxylation is 2. The molecule has 0 amide bonds. The van der Waals surface area contributed by atoms with Crippen molar-refractivity contribution in [2.24, 2.45) is 0 Å². The minimum absolute atomic E-state index is 0.375. The Morgan fingerprint density at radius 1 is 1.10 bits per heavy atom. The first-order valence-electron chi connectivity index (χ1n) is 7.69. The standard InChI is InChI=1S/C17H28N2O/c1-13(2)19-9-7-18(8-10-19)12-17(20)16-11-14(3)5-6-15(16)4/h5-6,11,13,17,20H,7-10,12H2,1-4H3. The number of β-amino-alcohol motifs (C(OH)–C–C–N with tert-alkyl or cyclic N) is 1. The van der Waals surface area contributed by atoms with Gasteiger partial charge in [-0.05, 0) is 38.8 Å². The zero-order valence-corrected chi connectivity index (χ0v) is 13.3. The molecule has 0 aromatic heterocycles. The van der Waals surface area contributed by atoms with Crippen LogP contribution in [0.25, 0.3) is 0 Å². The Bertz CT molecular complexity index is 437. The van der Waals surface area contributed by atoms with E-state index < -0.39 is 0 Å². The third-order valence-corrected chi connectivity index (χ3v) is 4.36. The van der Waals surface area contributed by atoms with Gasteiger partial charge in [-0.25, -0.2) is 0 Å². The molecule has 1 aromatic carbocycles. The van der Waals surface area contributed by atoms with Crippen LogP contribution < -0.4 is 0 Å². The van der Waals surface area contributed by atoms with Gasteiger partial charge in [0.15, 0.2) is 0 Å². The van der Waals surface area contributed by atoms with Gasteiger partial charge in [0.05, 0.1) is 6.10 Å². The van der Waals surface area contributed by atoms with E-state index in [1.54, 1.807) is 0 Å². The molecule has 3 heteroatoms. The highest BCUT2D eigenvalue weighted by atomic mass is 16.3. The monoisotopic (exact) mass is 276 g/mol. The smallest absolute Gasteiger partial charge is 0.0919 e. The summed E-state index contributed by atoms with van der Waals surface area (Å²) in [7, 11) is 0. The van der Waals surface area contributed by atoms with Crippen molar-refractivity contribution in [1.29, 1.82) is 0 Å². The van der Waals surface area contributed by atoms with E-state index in [9.17, 15) is 5.11 Å². The number of rotatable bonds is 4. The molecule has 0 spiro atoms. The second kappa shape index (κ2) is 6.70. The second-order valence-corrected chi connectivity index (χ2v) is 6.31. The highest BCUT2D eigenvalue weighted by Gasteiger charge is 2.21. The first-order chi connectivity index (χ1) is 9.47. The van der Waals surface area contributed by atoms with Crippen LogP contribution in [0.5, 0.6) is 0 Å². The van der Waals surface area contributed by atoms with E-state index in [4.69, 9.17) is 0 Å². The number of hydrogen-bond acceptors (Lipinski definition) is 3. The summed E-state index contributed by atoms with van der Waals surface area (Å²) in [5.41, 5.74) is 3.48. The van der Waals surface area contributed by atoms with Gasteiger partial charge in [0.2, 0.25) is 0 Å². The Balaban J connectivity index is 1.92. The van der Waals surface area contributed by atoms with Crippen molar-refractivity contribution >= 4 is 0 Å². The second-order valence-electron chi connectivity index (χ2n) is 6.31. The summed E-state index contributed by atoms with van der Waals surface area (Å²) >= 11 is 0. The summed E-state index contributed by atoms with van der Waals surface area (Å²) in [6, 6.07) is 6.95. The molecule has 0 radical (unpaired) electrons. The van der Waals surface area contributed by atoms with Crippen LogP contribution in [0.2, 0.25) is 0 Å². The summed E-state index contributed by atoms with van der Waals surface area (Å²) < 4.78 is 0. The average molecular weight is 276 g/mol. The van der Waals surface area contributed by atoms with Gasteiger partial charge >= 0.3 is 0 Å². The Labute approximate surface area is 123 Å². The molecule has 1 saturated heterocycles. The molecule has 1 aliphatic heterocycles. The molecule has 20 heavy (non-hydrogen) atoms. The van der Waals surface area contributed by atoms with Crippen LogP contribution in [0.3, 0.4) is 0 Å². The van der Waals surface area contributed by atoms with Gasteiger partial charge in [-0.1, -0.05) is 23.8 Å². The summed E-state index contributed by atoms with van der Waals surface area (Å²) in [6.45, 7) is 13.7. The number of aliphatic hydroxyl groups is 1. The van der Waals surface area contributed by atoms with Gasteiger partial charge in [0.1, 0.15) is 0 Å². The highest BCUT2D eigenvalue weighted by molar-refractivity contribution is 5.32. The fourth-order valence-corrected chi connectivity index (χ4v) is 2.92. The van der Waals surface area contributed by atoms with Gasteiger partial charge in [0.25, 0.3) is 0 Å². The average Bonchev–Trinajstić information content (AvgIpc) is 2.42. The Morgan fingerprint density at radius 3 is 2.35 bits per heavy atom. The maximum absolute atomic E-state index is 10.5. The molecule has 1 aliphatic rings. The predicted molar refractivity (Wildman–Crippen MR) is 84.0 cm³/mol. The van der Waals surface area contributed by atoms with Crippen molar-refractivity contribution in [3.8, 4) is 0 Å². The van der Waals surface area contributed by atoms with Crippen molar-refractivity contribution in [2.75, 3.05) is 32.7 Å². The maximum atomic E-state index is 10.5. The first-order valence-corrected chi connectivity index (χ1v) is 7.69. The number of piperazine rings is 1. The van der Waals surface area contributed by atoms with E-state index >= 15 is 0 Å². The van der Waals surface area contributed by atoms with E-state index in [0.717, 1.165) is 38.3 Å². The summed E-state index contributed by atoms with van der Waals surface area (Å²) in [4.78, 5) is 4.88.